The average molecular weight is 348 g/mol. The van der Waals surface area contributed by atoms with Crippen molar-refractivity contribution in [3.05, 3.63) is 40.9 Å². The molecule has 130 valence electrons. The van der Waals surface area contributed by atoms with Crippen molar-refractivity contribution in [2.75, 3.05) is 11.9 Å². The highest BCUT2D eigenvalue weighted by Crippen LogP contribution is 2.31. The summed E-state index contributed by atoms with van der Waals surface area (Å²) in [6, 6.07) is 9.84. The van der Waals surface area contributed by atoms with Crippen molar-refractivity contribution in [2.24, 2.45) is 0 Å². The summed E-state index contributed by atoms with van der Waals surface area (Å²) in [6.45, 7) is 4.44. The molecule has 2 unspecified atom stereocenters. The number of nitrogens with zero attached hydrogens (tertiary/aromatic N) is 2. The molecule has 0 bridgehead atoms. The van der Waals surface area contributed by atoms with Crippen LogP contribution in [0.4, 0.5) is 9.93 Å². The normalized spacial score (nSPS) is 13.3. The van der Waals surface area contributed by atoms with Crippen LogP contribution in [0.25, 0.3) is 0 Å². The van der Waals surface area contributed by atoms with Crippen LogP contribution in [0.5, 0.6) is 0 Å². The van der Waals surface area contributed by atoms with E-state index in [4.69, 9.17) is 0 Å². The highest BCUT2D eigenvalue weighted by atomic mass is 32.1. The zero-order valence-corrected chi connectivity index (χ0v) is 14.8. The van der Waals surface area contributed by atoms with E-state index < -0.39 is 0 Å². The molecule has 0 aliphatic heterocycles. The maximum absolute atomic E-state index is 11.8. The second-order valence-corrected chi connectivity index (χ2v) is 6.56. The van der Waals surface area contributed by atoms with Gasteiger partial charge in [-0.2, -0.15) is 0 Å². The second kappa shape index (κ2) is 9.34. The molecule has 2 rings (SSSR count). The first kappa shape index (κ1) is 18.4. The summed E-state index contributed by atoms with van der Waals surface area (Å²) in [5.74, 6) is 0.182. The third-order valence-electron chi connectivity index (χ3n) is 3.80. The van der Waals surface area contributed by atoms with Gasteiger partial charge in [0.15, 0.2) is 0 Å². The van der Waals surface area contributed by atoms with Crippen LogP contribution in [0.15, 0.2) is 30.3 Å². The van der Waals surface area contributed by atoms with Gasteiger partial charge in [0.1, 0.15) is 5.01 Å². The third kappa shape index (κ3) is 5.28. The van der Waals surface area contributed by atoms with Crippen LogP contribution in [-0.2, 0) is 0 Å². The minimum atomic E-state index is -0.380. The smallest absolute Gasteiger partial charge is 0.321 e. The van der Waals surface area contributed by atoms with Crippen molar-refractivity contribution in [3.63, 3.8) is 0 Å². The molecule has 2 aromatic rings. The number of rotatable bonds is 8. The van der Waals surface area contributed by atoms with Crippen LogP contribution in [0.3, 0.4) is 0 Å². The molecular weight excluding hydrogens is 324 g/mol. The topological polar surface area (TPSA) is 87.1 Å². The lowest BCUT2D eigenvalue weighted by atomic mass is 9.97. The molecule has 0 aliphatic carbocycles. The number of nitrogens with one attached hydrogen (secondary N) is 2. The van der Waals surface area contributed by atoms with Crippen molar-refractivity contribution in [2.45, 2.75) is 45.1 Å². The highest BCUT2D eigenvalue weighted by molar-refractivity contribution is 7.15. The average Bonchev–Trinajstić information content (AvgIpc) is 3.04. The summed E-state index contributed by atoms with van der Waals surface area (Å²) in [5, 5.41) is 24.5. The van der Waals surface area contributed by atoms with Crippen LogP contribution in [0.2, 0.25) is 0 Å². The molecule has 0 spiro atoms. The third-order valence-corrected chi connectivity index (χ3v) is 4.76. The first-order valence-electron chi connectivity index (χ1n) is 8.25. The number of carbonyl (C=O) groups is 1. The van der Waals surface area contributed by atoms with Crippen LogP contribution in [-0.4, -0.2) is 34.0 Å². The maximum Gasteiger partial charge on any atom is 0.321 e. The maximum atomic E-state index is 11.8. The van der Waals surface area contributed by atoms with Gasteiger partial charge in [-0.1, -0.05) is 55.5 Å². The zero-order valence-electron chi connectivity index (χ0n) is 14.0. The Morgan fingerprint density at radius 3 is 2.62 bits per heavy atom. The fraction of sp³-hybridized carbons (Fsp3) is 0.471. The summed E-state index contributed by atoms with van der Waals surface area (Å²) in [6.07, 6.45) is 1.76. The zero-order chi connectivity index (χ0) is 17.4. The summed E-state index contributed by atoms with van der Waals surface area (Å²) < 4.78 is 0. The van der Waals surface area contributed by atoms with Gasteiger partial charge in [-0.15, -0.1) is 10.2 Å². The molecule has 0 saturated heterocycles. The van der Waals surface area contributed by atoms with Gasteiger partial charge in [-0.25, -0.2) is 4.79 Å². The lowest BCUT2D eigenvalue weighted by Crippen LogP contribution is -2.31. The Balaban J connectivity index is 1.91. The molecule has 3 N–H and O–H groups in total. The van der Waals surface area contributed by atoms with Gasteiger partial charge >= 0.3 is 6.03 Å². The van der Waals surface area contributed by atoms with Crippen molar-refractivity contribution in [3.8, 4) is 0 Å². The summed E-state index contributed by atoms with van der Waals surface area (Å²) >= 11 is 1.39. The van der Waals surface area contributed by atoms with Crippen LogP contribution < -0.4 is 10.6 Å². The van der Waals surface area contributed by atoms with E-state index in [1.807, 2.05) is 25.1 Å². The fourth-order valence-corrected chi connectivity index (χ4v) is 3.31. The number of hydrogen-bond donors (Lipinski definition) is 3. The molecule has 0 aliphatic rings. The van der Waals surface area contributed by atoms with E-state index in [2.05, 4.69) is 39.9 Å². The number of aliphatic hydroxyl groups excluding tert-OH is 1. The lowest BCUT2D eigenvalue weighted by Gasteiger charge is -2.11. The minimum absolute atomic E-state index is 0.182. The molecule has 0 radical (unpaired) electrons. The van der Waals surface area contributed by atoms with Gasteiger partial charge in [0.05, 0.1) is 6.10 Å². The SMILES string of the molecule is CCC(O)CCNC(=O)Nc1nnc(C(CC)c2ccccc2)s1. The van der Waals surface area contributed by atoms with Crippen LogP contribution >= 0.6 is 11.3 Å². The number of urea groups is 1. The highest BCUT2D eigenvalue weighted by Gasteiger charge is 2.17. The molecule has 0 fully saturated rings. The van der Waals surface area contributed by atoms with Gasteiger partial charge in [0.2, 0.25) is 5.13 Å². The van der Waals surface area contributed by atoms with Crippen molar-refractivity contribution >= 4 is 22.5 Å². The molecule has 6 nitrogen and oxygen atoms in total. The molecule has 7 heteroatoms. The van der Waals surface area contributed by atoms with E-state index in [9.17, 15) is 9.90 Å². The van der Waals surface area contributed by atoms with Gasteiger partial charge in [0.25, 0.3) is 0 Å². The molecule has 24 heavy (non-hydrogen) atoms. The molecular formula is C17H24N4O2S. The Labute approximate surface area is 146 Å². The van der Waals surface area contributed by atoms with E-state index >= 15 is 0 Å². The van der Waals surface area contributed by atoms with Crippen molar-refractivity contribution in [1.82, 2.24) is 15.5 Å². The number of amides is 2. The van der Waals surface area contributed by atoms with Crippen molar-refractivity contribution < 1.29 is 9.90 Å². The Hall–Kier alpha value is -1.99. The van der Waals surface area contributed by atoms with E-state index in [-0.39, 0.29) is 18.1 Å². The lowest BCUT2D eigenvalue weighted by molar-refractivity contribution is 0.160. The second-order valence-electron chi connectivity index (χ2n) is 5.55. The molecule has 2 amide bonds. The molecule has 1 aromatic heterocycles. The Kier molecular flexibility index (Phi) is 7.14. The molecule has 2 atom stereocenters. The number of aromatic nitrogens is 2. The Bertz CT molecular complexity index is 633. The Morgan fingerprint density at radius 1 is 1.21 bits per heavy atom. The predicted molar refractivity (Wildman–Crippen MR) is 96.4 cm³/mol. The first-order valence-corrected chi connectivity index (χ1v) is 9.06. The predicted octanol–water partition coefficient (Wildman–Crippen LogP) is 3.36. The van der Waals surface area contributed by atoms with Gasteiger partial charge < -0.3 is 10.4 Å². The first-order chi connectivity index (χ1) is 11.6. The van der Waals surface area contributed by atoms with Gasteiger partial charge in [-0.05, 0) is 24.8 Å². The van der Waals surface area contributed by atoms with E-state index in [1.54, 1.807) is 0 Å². The molecule has 1 aromatic carbocycles. The van der Waals surface area contributed by atoms with Gasteiger partial charge in [-0.3, -0.25) is 5.32 Å². The summed E-state index contributed by atoms with van der Waals surface area (Å²) in [4.78, 5) is 11.8. The molecule has 1 heterocycles. The van der Waals surface area contributed by atoms with E-state index in [0.717, 1.165) is 11.4 Å². The number of anilines is 1. The fourth-order valence-electron chi connectivity index (χ4n) is 2.36. The van der Waals surface area contributed by atoms with Crippen molar-refractivity contribution in [1.29, 1.82) is 0 Å². The monoisotopic (exact) mass is 348 g/mol. The summed E-state index contributed by atoms with van der Waals surface area (Å²) in [5.41, 5.74) is 1.20. The summed E-state index contributed by atoms with van der Waals surface area (Å²) in [7, 11) is 0. The number of carbonyl (C=O) groups excluding carboxylic acids is 1. The number of aliphatic hydroxyl groups is 1. The van der Waals surface area contributed by atoms with E-state index in [1.165, 1.54) is 16.9 Å². The van der Waals surface area contributed by atoms with Crippen LogP contribution in [0, 0.1) is 0 Å². The minimum Gasteiger partial charge on any atom is -0.393 e. The number of hydrogen-bond acceptors (Lipinski definition) is 5. The largest absolute Gasteiger partial charge is 0.393 e. The molecule has 0 saturated carbocycles. The number of benzene rings is 1. The van der Waals surface area contributed by atoms with Crippen LogP contribution in [0.1, 0.15) is 49.6 Å². The quantitative estimate of drug-likeness (QED) is 0.682. The standard InChI is InChI=1S/C17H24N4O2S/c1-3-13(22)10-11-18-16(23)19-17-21-20-15(24-17)14(4-2)12-8-6-5-7-9-12/h5-9,13-14,22H,3-4,10-11H2,1-2H3,(H2,18,19,21,23). The van der Waals surface area contributed by atoms with E-state index in [0.29, 0.717) is 24.5 Å². The van der Waals surface area contributed by atoms with Gasteiger partial charge in [0, 0.05) is 12.5 Å². The Morgan fingerprint density at radius 2 is 1.96 bits per heavy atom.